The smallest absolute Gasteiger partial charge is 0.406 e. The summed E-state index contributed by atoms with van der Waals surface area (Å²) in [5.41, 5.74) is 2.85. The standard InChI is InChI=1S/C46H57F4N7O5/c1-28(2)42-44(60)53-31(25-58)20-29-13-15-33(23-40(29)56(42)6)62-45(3,4)26-52-43(59)30-14-16-38(41(21-30)61-7)51-18-9-10-32-22-34-36(54-37-17-19-55(5)24-35(37)47)11-8-12-39(34)57(32)27-46(48,49)50/h8,11-16,21-23,28,31,35,37,42,51,54,58H,17-20,24-27H2,1-7H3,(H,52,59)(H,53,60)/t31-,35-,37+,42-/m0/s1. The summed E-state index contributed by atoms with van der Waals surface area (Å²) in [6, 6.07) is 15.8. The Kier molecular flexibility index (Phi) is 14.2. The van der Waals surface area contributed by atoms with Crippen LogP contribution in [0, 0.1) is 17.8 Å². The van der Waals surface area contributed by atoms with Crippen molar-refractivity contribution < 1.29 is 41.7 Å². The average Bonchev–Trinajstić information content (AvgIpc) is 3.55. The number of methoxy groups -OCH3 is 1. The van der Waals surface area contributed by atoms with Gasteiger partial charge in [-0.15, -0.1) is 0 Å². The van der Waals surface area contributed by atoms with E-state index < -0.39 is 42.6 Å². The fraction of sp³-hybridized carbons (Fsp3) is 0.478. The van der Waals surface area contributed by atoms with E-state index in [2.05, 4.69) is 33.1 Å². The monoisotopic (exact) mass is 863 g/mol. The largest absolute Gasteiger partial charge is 0.495 e. The molecule has 3 aromatic carbocycles. The lowest BCUT2D eigenvalue weighted by Crippen LogP contribution is -2.54. The van der Waals surface area contributed by atoms with Crippen LogP contribution in [0.2, 0.25) is 0 Å². The van der Waals surface area contributed by atoms with Crippen LogP contribution in [0.5, 0.6) is 11.5 Å². The van der Waals surface area contributed by atoms with E-state index in [0.717, 1.165) is 15.8 Å². The van der Waals surface area contributed by atoms with Crippen molar-refractivity contribution in [3.63, 3.8) is 0 Å². The van der Waals surface area contributed by atoms with Crippen LogP contribution < -0.4 is 35.6 Å². The van der Waals surface area contributed by atoms with Crippen molar-refractivity contribution in [1.82, 2.24) is 20.1 Å². The Labute approximate surface area is 360 Å². The van der Waals surface area contributed by atoms with Crippen LogP contribution in [-0.2, 0) is 17.8 Å². The number of ether oxygens (including phenoxy) is 2. The topological polar surface area (TPSA) is 132 Å². The van der Waals surface area contributed by atoms with Crippen molar-refractivity contribution in [2.75, 3.05) is 69.5 Å². The lowest BCUT2D eigenvalue weighted by atomic mass is 9.95. The number of nitrogens with one attached hydrogen (secondary N) is 4. The zero-order chi connectivity index (χ0) is 44.9. The first-order chi connectivity index (χ1) is 29.4. The molecule has 0 radical (unpaired) electrons. The Morgan fingerprint density at radius 3 is 2.53 bits per heavy atom. The number of carbonyl (C=O) groups is 2. The molecule has 12 nitrogen and oxygen atoms in total. The number of aliphatic hydroxyl groups is 1. The quantitative estimate of drug-likeness (QED) is 0.0787. The Bertz CT molecular complexity index is 2300. The predicted molar refractivity (Wildman–Crippen MR) is 234 cm³/mol. The third-order valence-electron chi connectivity index (χ3n) is 11.3. The number of anilines is 3. The number of likely N-dealkylation sites (N-methyl/N-ethyl adjacent to an activating group) is 1. The highest BCUT2D eigenvalue weighted by atomic mass is 19.4. The number of nitrogens with zero attached hydrogens (tertiary/aromatic N) is 3. The van der Waals surface area contributed by atoms with Crippen molar-refractivity contribution in [3.05, 3.63) is 77.5 Å². The minimum absolute atomic E-state index is 0.000636. The number of rotatable bonds is 13. The second kappa shape index (κ2) is 19.2. The Morgan fingerprint density at radius 1 is 1.06 bits per heavy atom. The van der Waals surface area contributed by atoms with Crippen LogP contribution in [0.15, 0.2) is 60.7 Å². The van der Waals surface area contributed by atoms with Gasteiger partial charge in [-0.3, -0.25) is 9.59 Å². The van der Waals surface area contributed by atoms with Crippen molar-refractivity contribution in [2.24, 2.45) is 5.92 Å². The molecule has 0 aliphatic carbocycles. The number of fused-ring (bicyclic) bond motifs is 2. The van der Waals surface area contributed by atoms with E-state index in [1.54, 1.807) is 42.5 Å². The van der Waals surface area contributed by atoms with E-state index in [9.17, 15) is 32.3 Å². The fourth-order valence-corrected chi connectivity index (χ4v) is 8.18. The number of likely N-dealkylation sites (tertiary alicyclic amines) is 1. The number of aliphatic hydroxyl groups excluding tert-OH is 1. The summed E-state index contributed by atoms with van der Waals surface area (Å²) >= 11 is 0. The van der Waals surface area contributed by atoms with Crippen LogP contribution in [0.25, 0.3) is 10.9 Å². The third-order valence-corrected chi connectivity index (χ3v) is 11.3. The predicted octanol–water partition coefficient (Wildman–Crippen LogP) is 6.21. The molecule has 0 spiro atoms. The molecule has 0 unspecified atom stereocenters. The number of aromatic nitrogens is 1. The molecule has 0 bridgehead atoms. The van der Waals surface area contributed by atoms with Gasteiger partial charge in [0.15, 0.2) is 0 Å². The number of hydrogen-bond acceptors (Lipinski definition) is 9. The van der Waals surface area contributed by atoms with E-state index in [1.165, 1.54) is 7.11 Å². The van der Waals surface area contributed by atoms with Gasteiger partial charge in [0.05, 0.1) is 55.8 Å². The van der Waals surface area contributed by atoms with E-state index in [0.29, 0.717) is 58.7 Å². The fourth-order valence-electron chi connectivity index (χ4n) is 8.18. The second-order valence-corrected chi connectivity index (χ2v) is 17.1. The van der Waals surface area contributed by atoms with Crippen LogP contribution in [0.3, 0.4) is 0 Å². The number of carbonyl (C=O) groups excluding carboxylic acids is 2. The van der Waals surface area contributed by atoms with Gasteiger partial charge in [-0.2, -0.15) is 13.2 Å². The summed E-state index contributed by atoms with van der Waals surface area (Å²) in [6.45, 7) is 7.41. The van der Waals surface area contributed by atoms with E-state index in [4.69, 9.17) is 9.47 Å². The molecule has 3 heterocycles. The summed E-state index contributed by atoms with van der Waals surface area (Å²) in [6.07, 6.45) is -4.62. The molecule has 0 saturated carbocycles. The molecule has 2 amide bonds. The second-order valence-electron chi connectivity index (χ2n) is 17.1. The summed E-state index contributed by atoms with van der Waals surface area (Å²) in [7, 11) is 5.19. The van der Waals surface area contributed by atoms with Crippen molar-refractivity contribution in [1.29, 1.82) is 0 Å². The molecular formula is C46H57F4N7O5. The van der Waals surface area contributed by atoms with Crippen LogP contribution >= 0.6 is 0 Å². The average molecular weight is 864 g/mol. The molecule has 16 heteroatoms. The van der Waals surface area contributed by atoms with Gasteiger partial charge in [0.1, 0.15) is 35.9 Å². The van der Waals surface area contributed by atoms with Gasteiger partial charge in [0.25, 0.3) is 5.91 Å². The van der Waals surface area contributed by atoms with Gasteiger partial charge in [-0.25, -0.2) is 4.39 Å². The molecule has 1 fully saturated rings. The van der Waals surface area contributed by atoms with Crippen LogP contribution in [0.1, 0.15) is 55.7 Å². The lowest BCUT2D eigenvalue weighted by molar-refractivity contribution is -0.140. The Morgan fingerprint density at radius 2 is 1.84 bits per heavy atom. The van der Waals surface area contributed by atoms with Crippen molar-refractivity contribution in [3.8, 4) is 23.3 Å². The first-order valence-corrected chi connectivity index (χ1v) is 20.8. The molecule has 62 heavy (non-hydrogen) atoms. The number of halogens is 4. The normalized spacial score (nSPS) is 19.8. The first-order valence-electron chi connectivity index (χ1n) is 20.8. The van der Waals surface area contributed by atoms with Crippen molar-refractivity contribution >= 4 is 39.8 Å². The van der Waals surface area contributed by atoms with Crippen LogP contribution in [-0.4, -0.2) is 116 Å². The zero-order valence-electron chi connectivity index (χ0n) is 36.3. The zero-order valence-corrected chi connectivity index (χ0v) is 36.3. The lowest BCUT2D eigenvalue weighted by Gasteiger charge is -2.37. The minimum atomic E-state index is -4.50. The molecule has 4 aromatic rings. The minimum Gasteiger partial charge on any atom is -0.495 e. The highest BCUT2D eigenvalue weighted by Crippen LogP contribution is 2.34. The van der Waals surface area contributed by atoms with Crippen molar-refractivity contribution in [2.45, 2.75) is 83.2 Å². The van der Waals surface area contributed by atoms with Gasteiger partial charge in [0, 0.05) is 48.5 Å². The summed E-state index contributed by atoms with van der Waals surface area (Å²) < 4.78 is 69.3. The van der Waals surface area contributed by atoms with Gasteiger partial charge in [0.2, 0.25) is 5.91 Å². The maximum Gasteiger partial charge on any atom is 0.406 e. The van der Waals surface area contributed by atoms with E-state index in [1.807, 2.05) is 69.8 Å². The van der Waals surface area contributed by atoms with Crippen LogP contribution in [0.4, 0.5) is 34.6 Å². The maximum atomic E-state index is 14.9. The van der Waals surface area contributed by atoms with E-state index in [-0.39, 0.29) is 49.7 Å². The third kappa shape index (κ3) is 11.0. The first kappa shape index (κ1) is 45.9. The summed E-state index contributed by atoms with van der Waals surface area (Å²) in [5, 5.41) is 22.7. The Balaban J connectivity index is 1.11. The molecular weight excluding hydrogens is 807 g/mol. The highest BCUT2D eigenvalue weighted by Gasteiger charge is 2.34. The molecule has 2 aliphatic rings. The SMILES string of the molecule is COc1cc(C(=O)NCC(C)(C)Oc2ccc3c(c2)N(C)[C@@H](C(C)C)C(=O)N[C@H](CO)C3)ccc1NCC#Cc1cc2c(N[C@@H]3CCN(C)C[C@@H]3F)cccc2n1CC(F)(F)F. The number of benzene rings is 3. The molecule has 334 valence electrons. The van der Waals surface area contributed by atoms with Gasteiger partial charge in [-0.1, -0.05) is 31.9 Å². The summed E-state index contributed by atoms with van der Waals surface area (Å²) in [4.78, 5) is 30.3. The molecule has 1 aromatic heterocycles. The number of amides is 2. The number of alkyl halides is 4. The molecule has 4 atom stereocenters. The number of piperidine rings is 1. The number of hydrogen-bond donors (Lipinski definition) is 5. The highest BCUT2D eigenvalue weighted by molar-refractivity contribution is 5.96. The molecule has 2 aliphatic heterocycles. The van der Waals surface area contributed by atoms with Gasteiger partial charge in [-0.05, 0) is 93.6 Å². The molecule has 5 N–H and O–H groups in total. The Hall–Kier alpha value is -5.66. The van der Waals surface area contributed by atoms with Gasteiger partial charge >= 0.3 is 6.18 Å². The maximum absolute atomic E-state index is 14.9. The molecule has 1 saturated heterocycles. The summed E-state index contributed by atoms with van der Waals surface area (Å²) in [5.74, 6) is 6.21. The molecule has 6 rings (SSSR count). The van der Waals surface area contributed by atoms with E-state index >= 15 is 0 Å². The van der Waals surface area contributed by atoms with Gasteiger partial charge < -0.3 is 50.2 Å².